The summed E-state index contributed by atoms with van der Waals surface area (Å²) in [5.41, 5.74) is 3.32. The maximum absolute atomic E-state index is 6.02. The van der Waals surface area contributed by atoms with Gasteiger partial charge in [-0.3, -0.25) is 0 Å². The number of hydrogen-bond donors (Lipinski definition) is 0. The molecule has 0 radical (unpaired) electrons. The van der Waals surface area contributed by atoms with E-state index in [1.54, 1.807) is 0 Å². The Bertz CT molecular complexity index is 928. The van der Waals surface area contributed by atoms with Crippen LogP contribution in [0.15, 0.2) is 89.4 Å². The first-order valence-corrected chi connectivity index (χ1v) is 11.6. The van der Waals surface area contributed by atoms with Crippen molar-refractivity contribution in [3.63, 3.8) is 0 Å². The average Bonchev–Trinajstić information content (AvgIpc) is 2.69. The average molecular weight is 602 g/mol. The Morgan fingerprint density at radius 3 is 1.43 bits per heavy atom. The molecular formula is C23H15Br3Cl2. The van der Waals surface area contributed by atoms with Crippen LogP contribution in [0.4, 0.5) is 0 Å². The molecule has 3 aromatic rings. The highest BCUT2D eigenvalue weighted by atomic mass is 79.9. The molecule has 0 atom stereocenters. The molecule has 0 aromatic heterocycles. The SMILES string of the molecule is Clc1ccc(/C(Br)=C/C(/C=C(\Br)c2ccc(Cl)cc2)c2ccc(Br)cc2)cc1. The molecule has 0 aliphatic rings. The minimum atomic E-state index is 0.0585. The summed E-state index contributed by atoms with van der Waals surface area (Å²) in [6.07, 6.45) is 4.37. The molecule has 3 rings (SSSR count). The summed E-state index contributed by atoms with van der Waals surface area (Å²) in [5, 5.41) is 1.44. The minimum absolute atomic E-state index is 0.0585. The Morgan fingerprint density at radius 2 is 1.04 bits per heavy atom. The molecular weight excluding hydrogens is 587 g/mol. The Morgan fingerprint density at radius 1 is 0.643 bits per heavy atom. The first-order chi connectivity index (χ1) is 13.4. The van der Waals surface area contributed by atoms with Crippen molar-refractivity contribution in [2.75, 3.05) is 0 Å². The van der Waals surface area contributed by atoms with Crippen LogP contribution < -0.4 is 0 Å². The van der Waals surface area contributed by atoms with Crippen LogP contribution in [0.2, 0.25) is 10.0 Å². The van der Waals surface area contributed by atoms with Crippen LogP contribution >= 0.6 is 71.0 Å². The van der Waals surface area contributed by atoms with Gasteiger partial charge in [0.2, 0.25) is 0 Å². The fourth-order valence-electron chi connectivity index (χ4n) is 2.65. The normalized spacial score (nSPS) is 13.5. The molecule has 0 aliphatic carbocycles. The Labute approximate surface area is 200 Å². The van der Waals surface area contributed by atoms with Crippen LogP contribution in [-0.2, 0) is 0 Å². The van der Waals surface area contributed by atoms with Crippen LogP contribution in [0.3, 0.4) is 0 Å². The lowest BCUT2D eigenvalue weighted by Crippen LogP contribution is -1.93. The first kappa shape index (κ1) is 21.9. The van der Waals surface area contributed by atoms with Gasteiger partial charge in [0.1, 0.15) is 0 Å². The minimum Gasteiger partial charge on any atom is -0.0843 e. The summed E-state index contributed by atoms with van der Waals surface area (Å²) < 4.78 is 3.06. The highest BCUT2D eigenvalue weighted by Gasteiger charge is 2.10. The third kappa shape index (κ3) is 6.08. The van der Waals surface area contributed by atoms with E-state index < -0.39 is 0 Å². The third-order valence-corrected chi connectivity index (χ3v) is 6.62. The largest absolute Gasteiger partial charge is 0.0843 e. The third-order valence-electron chi connectivity index (χ3n) is 4.15. The summed E-state index contributed by atoms with van der Waals surface area (Å²) in [5.74, 6) is 0.0585. The van der Waals surface area contributed by atoms with Gasteiger partial charge >= 0.3 is 0 Å². The molecule has 0 saturated carbocycles. The Balaban J connectivity index is 2.00. The van der Waals surface area contributed by atoms with Crippen LogP contribution in [0, 0.1) is 0 Å². The molecule has 3 aromatic carbocycles. The van der Waals surface area contributed by atoms with Crippen LogP contribution in [0.1, 0.15) is 22.6 Å². The van der Waals surface area contributed by atoms with Gasteiger partial charge in [0.05, 0.1) is 0 Å². The highest BCUT2D eigenvalue weighted by Crippen LogP contribution is 2.33. The number of halogens is 5. The lowest BCUT2D eigenvalue weighted by molar-refractivity contribution is 1.09. The number of hydrogen-bond acceptors (Lipinski definition) is 0. The molecule has 142 valence electrons. The molecule has 0 heterocycles. The first-order valence-electron chi connectivity index (χ1n) is 8.44. The number of benzene rings is 3. The molecule has 0 saturated heterocycles. The van der Waals surface area contributed by atoms with Gasteiger partial charge in [0.15, 0.2) is 0 Å². The second-order valence-electron chi connectivity index (χ2n) is 6.12. The van der Waals surface area contributed by atoms with Gasteiger partial charge in [-0.05, 0) is 53.1 Å². The van der Waals surface area contributed by atoms with Crippen molar-refractivity contribution in [1.29, 1.82) is 0 Å². The molecule has 0 N–H and O–H groups in total. The molecule has 0 unspecified atom stereocenters. The van der Waals surface area contributed by atoms with E-state index in [0.717, 1.165) is 34.6 Å². The fourth-order valence-corrected chi connectivity index (χ4v) is 4.27. The smallest absolute Gasteiger partial charge is 0.0406 e. The van der Waals surface area contributed by atoms with Gasteiger partial charge in [-0.15, -0.1) is 0 Å². The Hall–Kier alpha value is -0.840. The van der Waals surface area contributed by atoms with E-state index in [0.29, 0.717) is 0 Å². The van der Waals surface area contributed by atoms with E-state index >= 15 is 0 Å². The summed E-state index contributed by atoms with van der Waals surface area (Å²) >= 11 is 23.0. The lowest BCUT2D eigenvalue weighted by atomic mass is 9.96. The predicted molar refractivity (Wildman–Crippen MR) is 134 cm³/mol. The number of allylic oxidation sites excluding steroid dienone is 2. The second kappa shape index (κ2) is 10.3. The van der Waals surface area contributed by atoms with E-state index in [2.05, 4.69) is 84.2 Å². The van der Waals surface area contributed by atoms with E-state index in [4.69, 9.17) is 23.2 Å². The Kier molecular flexibility index (Phi) is 8.02. The molecule has 0 fully saturated rings. The van der Waals surface area contributed by atoms with Crippen molar-refractivity contribution in [1.82, 2.24) is 0 Å². The maximum Gasteiger partial charge on any atom is 0.0406 e. The molecule has 0 aliphatic heterocycles. The zero-order valence-corrected chi connectivity index (χ0v) is 20.8. The van der Waals surface area contributed by atoms with Crippen molar-refractivity contribution < 1.29 is 0 Å². The van der Waals surface area contributed by atoms with Gasteiger partial charge < -0.3 is 0 Å². The molecule has 5 heteroatoms. The summed E-state index contributed by atoms with van der Waals surface area (Å²) in [4.78, 5) is 0. The monoisotopic (exact) mass is 598 g/mol. The van der Waals surface area contributed by atoms with Crippen LogP contribution in [0.25, 0.3) is 8.96 Å². The lowest BCUT2D eigenvalue weighted by Gasteiger charge is -2.13. The van der Waals surface area contributed by atoms with Crippen molar-refractivity contribution >= 4 is 80.0 Å². The van der Waals surface area contributed by atoms with Gasteiger partial charge in [0, 0.05) is 29.4 Å². The predicted octanol–water partition coefficient (Wildman–Crippen LogP) is 9.71. The fraction of sp³-hybridized carbons (Fsp3) is 0.0435. The van der Waals surface area contributed by atoms with Crippen molar-refractivity contribution in [3.05, 3.63) is 116 Å². The van der Waals surface area contributed by atoms with Gasteiger partial charge in [-0.1, -0.05) is 120 Å². The zero-order valence-electron chi connectivity index (χ0n) is 14.6. The molecule has 0 bridgehead atoms. The van der Waals surface area contributed by atoms with Gasteiger partial charge in [-0.25, -0.2) is 0 Å². The summed E-state index contributed by atoms with van der Waals surface area (Å²) in [6, 6.07) is 23.9. The van der Waals surface area contributed by atoms with Gasteiger partial charge in [0.25, 0.3) is 0 Å². The molecule has 0 spiro atoms. The molecule has 28 heavy (non-hydrogen) atoms. The van der Waals surface area contributed by atoms with Crippen LogP contribution in [0.5, 0.6) is 0 Å². The van der Waals surface area contributed by atoms with Crippen LogP contribution in [-0.4, -0.2) is 0 Å². The van der Waals surface area contributed by atoms with E-state index in [-0.39, 0.29) is 5.92 Å². The molecule has 0 amide bonds. The standard InChI is InChI=1S/C23H15Br3Cl2/c24-19-7-1-15(2-8-19)18(13-22(25)16-3-9-20(27)10-4-16)14-23(26)17-5-11-21(28)12-6-17/h1-14,18H/b22-13-,23-14-. The number of rotatable bonds is 5. The van der Waals surface area contributed by atoms with Crippen molar-refractivity contribution in [2.45, 2.75) is 5.92 Å². The van der Waals surface area contributed by atoms with Crippen molar-refractivity contribution in [2.24, 2.45) is 0 Å². The topological polar surface area (TPSA) is 0 Å². The maximum atomic E-state index is 6.02. The van der Waals surface area contributed by atoms with Gasteiger partial charge in [-0.2, -0.15) is 0 Å². The van der Waals surface area contributed by atoms with E-state index in [1.807, 2.05) is 48.5 Å². The quantitative estimate of drug-likeness (QED) is 0.273. The zero-order chi connectivity index (χ0) is 20.1. The molecule has 0 nitrogen and oxygen atoms in total. The van der Waals surface area contributed by atoms with E-state index in [1.165, 1.54) is 5.56 Å². The summed E-state index contributed by atoms with van der Waals surface area (Å²) in [6.45, 7) is 0. The summed E-state index contributed by atoms with van der Waals surface area (Å²) in [7, 11) is 0. The highest BCUT2D eigenvalue weighted by molar-refractivity contribution is 9.15. The second-order valence-corrected chi connectivity index (χ2v) is 9.62. The van der Waals surface area contributed by atoms with E-state index in [9.17, 15) is 0 Å². The van der Waals surface area contributed by atoms with Crippen molar-refractivity contribution in [3.8, 4) is 0 Å².